The molecule has 8 nitrogen and oxygen atoms in total. The van der Waals surface area contributed by atoms with Crippen molar-refractivity contribution in [1.29, 1.82) is 0 Å². The number of esters is 1. The van der Waals surface area contributed by atoms with Crippen LogP contribution < -0.4 is 10.6 Å². The minimum absolute atomic E-state index is 0.0614. The van der Waals surface area contributed by atoms with Crippen LogP contribution in [0.1, 0.15) is 36.6 Å². The van der Waals surface area contributed by atoms with E-state index in [0.29, 0.717) is 16.8 Å². The van der Waals surface area contributed by atoms with Crippen LogP contribution in [0.3, 0.4) is 0 Å². The minimum Gasteiger partial charge on any atom is -0.508 e. The predicted octanol–water partition coefficient (Wildman–Crippen LogP) is 5.36. The van der Waals surface area contributed by atoms with Gasteiger partial charge in [0.1, 0.15) is 5.75 Å². The van der Waals surface area contributed by atoms with Crippen molar-refractivity contribution >= 4 is 23.5 Å². The molecule has 0 atom stereocenters. The molecule has 0 radical (unpaired) electrons. The van der Waals surface area contributed by atoms with Crippen molar-refractivity contribution in [3.05, 3.63) is 114 Å². The topological polar surface area (TPSA) is 118 Å². The van der Waals surface area contributed by atoms with Gasteiger partial charge in [-0.1, -0.05) is 36.4 Å². The quantitative estimate of drug-likeness (QED) is 0.255. The summed E-state index contributed by atoms with van der Waals surface area (Å²) < 4.78 is 41.1. The number of benzene rings is 3. The number of anilines is 1. The van der Waals surface area contributed by atoms with Crippen molar-refractivity contribution < 1.29 is 37.4 Å². The maximum atomic E-state index is 12.8. The van der Waals surface area contributed by atoms with Crippen LogP contribution in [0.2, 0.25) is 0 Å². The lowest BCUT2D eigenvalue weighted by molar-refractivity contribution is -0.161. The summed E-state index contributed by atoms with van der Waals surface area (Å²) in [5, 5.41) is 14.9. The molecule has 0 unspecified atom stereocenters. The Morgan fingerprint density at radius 1 is 0.800 bits per heavy atom. The van der Waals surface area contributed by atoms with E-state index in [1.807, 2.05) is 6.07 Å². The molecule has 0 aliphatic rings. The molecule has 0 spiro atoms. The molecular formula is C29H22F3N3O5. The molecule has 0 aliphatic heterocycles. The number of nitrogens with one attached hydrogen (secondary N) is 2. The standard InChI is InChI=1S/C29H22F3N3O5/c30-29(31,32)17-40-28(39)23-13-22(15-33-16-23)27(38)35-24-6-1-3-18(11-24)14-34-26(37)21-5-2-4-20(12-21)19-7-9-25(36)10-8-19/h1-13,15-16,36H,14,17H2,(H,34,37)(H,35,38). The van der Waals surface area contributed by atoms with E-state index in [-0.39, 0.29) is 29.3 Å². The number of nitrogens with zero attached hydrogens (tertiary/aromatic N) is 1. The van der Waals surface area contributed by atoms with Gasteiger partial charge in [0.05, 0.1) is 11.1 Å². The molecule has 0 bridgehead atoms. The fourth-order valence-electron chi connectivity index (χ4n) is 3.65. The van der Waals surface area contributed by atoms with Crippen molar-refractivity contribution in [2.24, 2.45) is 0 Å². The Labute approximate surface area is 226 Å². The highest BCUT2D eigenvalue weighted by atomic mass is 19.4. The number of rotatable bonds is 8. The summed E-state index contributed by atoms with van der Waals surface area (Å²) in [7, 11) is 0. The first-order valence-corrected chi connectivity index (χ1v) is 11.8. The summed E-state index contributed by atoms with van der Waals surface area (Å²) in [5.41, 5.74) is 2.80. The maximum Gasteiger partial charge on any atom is 0.422 e. The van der Waals surface area contributed by atoms with E-state index in [1.165, 1.54) is 0 Å². The summed E-state index contributed by atoms with van der Waals surface area (Å²) in [4.78, 5) is 41.0. The first-order chi connectivity index (χ1) is 19.1. The number of alkyl halides is 3. The van der Waals surface area contributed by atoms with E-state index < -0.39 is 24.7 Å². The third-order valence-electron chi connectivity index (χ3n) is 5.57. The number of phenols is 1. The van der Waals surface area contributed by atoms with Gasteiger partial charge >= 0.3 is 12.1 Å². The van der Waals surface area contributed by atoms with Crippen LogP contribution in [-0.2, 0) is 11.3 Å². The summed E-state index contributed by atoms with van der Waals surface area (Å²) in [5.74, 6) is -2.07. The van der Waals surface area contributed by atoms with Gasteiger partial charge in [-0.3, -0.25) is 14.6 Å². The summed E-state index contributed by atoms with van der Waals surface area (Å²) in [6.07, 6.45) is -2.52. The van der Waals surface area contributed by atoms with Crippen molar-refractivity contribution in [2.75, 3.05) is 11.9 Å². The predicted molar refractivity (Wildman–Crippen MR) is 140 cm³/mol. The van der Waals surface area contributed by atoms with Gasteiger partial charge in [-0.15, -0.1) is 0 Å². The van der Waals surface area contributed by atoms with Crippen LogP contribution in [0.5, 0.6) is 5.75 Å². The van der Waals surface area contributed by atoms with Crippen LogP contribution >= 0.6 is 0 Å². The first-order valence-electron chi connectivity index (χ1n) is 11.8. The second-order valence-corrected chi connectivity index (χ2v) is 8.62. The molecule has 204 valence electrons. The van der Waals surface area contributed by atoms with E-state index >= 15 is 0 Å². The molecule has 1 heterocycles. The van der Waals surface area contributed by atoms with Gasteiger partial charge in [-0.25, -0.2) is 4.79 Å². The molecule has 3 N–H and O–H groups in total. The maximum absolute atomic E-state index is 12.8. The Morgan fingerprint density at radius 2 is 1.52 bits per heavy atom. The SMILES string of the molecule is O=C(NCc1cccc(NC(=O)c2cncc(C(=O)OCC(F)(F)F)c2)c1)c1cccc(-c2ccc(O)cc2)c1. The molecule has 1 aromatic heterocycles. The third-order valence-corrected chi connectivity index (χ3v) is 5.57. The monoisotopic (exact) mass is 549 g/mol. The number of aromatic hydroxyl groups is 1. The molecular weight excluding hydrogens is 527 g/mol. The molecule has 4 rings (SSSR count). The van der Waals surface area contributed by atoms with Crippen LogP contribution in [0, 0.1) is 0 Å². The highest BCUT2D eigenvalue weighted by Crippen LogP contribution is 2.23. The number of hydrogen-bond donors (Lipinski definition) is 3. The zero-order valence-corrected chi connectivity index (χ0v) is 20.7. The Morgan fingerprint density at radius 3 is 2.27 bits per heavy atom. The molecule has 11 heteroatoms. The lowest BCUT2D eigenvalue weighted by Gasteiger charge is -2.10. The number of carbonyl (C=O) groups is 3. The molecule has 0 aliphatic carbocycles. The molecule has 40 heavy (non-hydrogen) atoms. The van der Waals surface area contributed by atoms with E-state index in [4.69, 9.17) is 0 Å². The van der Waals surface area contributed by atoms with E-state index in [9.17, 15) is 32.7 Å². The fraction of sp³-hybridized carbons (Fsp3) is 0.103. The van der Waals surface area contributed by atoms with Gasteiger partial charge in [-0.2, -0.15) is 13.2 Å². The molecule has 0 fully saturated rings. The van der Waals surface area contributed by atoms with Gasteiger partial charge < -0.3 is 20.5 Å². The first kappa shape index (κ1) is 27.8. The summed E-state index contributed by atoms with van der Waals surface area (Å²) in [6.45, 7) is -1.59. The number of halogens is 3. The lowest BCUT2D eigenvalue weighted by Crippen LogP contribution is -2.23. The normalized spacial score (nSPS) is 11.0. The molecule has 3 aromatic carbocycles. The lowest BCUT2D eigenvalue weighted by atomic mass is 10.0. The summed E-state index contributed by atoms with van der Waals surface area (Å²) >= 11 is 0. The number of aromatic nitrogens is 1. The average Bonchev–Trinajstić information content (AvgIpc) is 2.95. The zero-order chi connectivity index (χ0) is 28.7. The van der Waals surface area contributed by atoms with Crippen molar-refractivity contribution in [3.8, 4) is 16.9 Å². The number of pyridine rings is 1. The number of ether oxygens (including phenoxy) is 1. The highest BCUT2D eigenvalue weighted by molar-refractivity contribution is 6.05. The Kier molecular flexibility index (Phi) is 8.43. The number of amides is 2. The Hall–Kier alpha value is -5.19. The molecule has 0 saturated carbocycles. The number of carbonyl (C=O) groups excluding carboxylic acids is 3. The number of phenolic OH excluding ortho intramolecular Hbond substituents is 1. The molecule has 4 aromatic rings. The largest absolute Gasteiger partial charge is 0.508 e. The zero-order valence-electron chi connectivity index (χ0n) is 20.7. The van der Waals surface area contributed by atoms with E-state index in [0.717, 1.165) is 29.6 Å². The van der Waals surface area contributed by atoms with Gasteiger partial charge in [-0.05, 0) is 59.2 Å². The second-order valence-electron chi connectivity index (χ2n) is 8.62. The second kappa shape index (κ2) is 12.1. The van der Waals surface area contributed by atoms with Gasteiger partial charge in [0.25, 0.3) is 11.8 Å². The van der Waals surface area contributed by atoms with E-state index in [2.05, 4.69) is 20.4 Å². The third kappa shape index (κ3) is 7.67. The molecule has 0 saturated heterocycles. The van der Waals surface area contributed by atoms with Crippen molar-refractivity contribution in [2.45, 2.75) is 12.7 Å². The van der Waals surface area contributed by atoms with Gasteiger partial charge in [0.15, 0.2) is 6.61 Å². The smallest absolute Gasteiger partial charge is 0.422 e. The Balaban J connectivity index is 1.37. The van der Waals surface area contributed by atoms with Crippen molar-refractivity contribution in [1.82, 2.24) is 10.3 Å². The van der Waals surface area contributed by atoms with Crippen LogP contribution in [0.4, 0.5) is 18.9 Å². The Bertz CT molecular complexity index is 1540. The minimum atomic E-state index is -4.68. The van der Waals surface area contributed by atoms with Gasteiger partial charge in [0.2, 0.25) is 0 Å². The van der Waals surface area contributed by atoms with Crippen molar-refractivity contribution in [3.63, 3.8) is 0 Å². The summed E-state index contributed by atoms with van der Waals surface area (Å²) in [6, 6.07) is 21.4. The number of hydrogen-bond acceptors (Lipinski definition) is 6. The van der Waals surface area contributed by atoms with Crippen LogP contribution in [-0.4, -0.2) is 40.7 Å². The fourth-order valence-corrected chi connectivity index (χ4v) is 3.65. The average molecular weight is 550 g/mol. The molecule has 2 amide bonds. The van der Waals surface area contributed by atoms with E-state index in [1.54, 1.807) is 66.7 Å². The highest BCUT2D eigenvalue weighted by Gasteiger charge is 2.30. The van der Waals surface area contributed by atoms with Crippen LogP contribution in [0.15, 0.2) is 91.3 Å². The van der Waals surface area contributed by atoms with Gasteiger partial charge in [0, 0.05) is 30.2 Å². The van der Waals surface area contributed by atoms with Crippen LogP contribution in [0.25, 0.3) is 11.1 Å².